The molecule has 0 unspecified atom stereocenters. The fraction of sp³-hybridized carbons (Fsp3) is 0.286. The highest BCUT2D eigenvalue weighted by atomic mass is 19.4. The van der Waals surface area contributed by atoms with Gasteiger partial charge in [-0.25, -0.2) is 13.8 Å². The van der Waals surface area contributed by atoms with E-state index in [4.69, 9.17) is 4.42 Å². The number of carbonyl (C=O) groups excluding carboxylic acids is 1. The molecule has 0 bridgehead atoms. The van der Waals surface area contributed by atoms with Crippen molar-refractivity contribution in [2.45, 2.75) is 12.1 Å². The van der Waals surface area contributed by atoms with Gasteiger partial charge >= 0.3 is 6.18 Å². The number of fused-ring (bicyclic) bond motifs is 1. The van der Waals surface area contributed by atoms with E-state index in [1.807, 2.05) is 0 Å². The number of carbonyl (C=O) groups is 1. The van der Waals surface area contributed by atoms with E-state index >= 15 is 0 Å². The van der Waals surface area contributed by atoms with Crippen molar-refractivity contribution in [3.63, 3.8) is 0 Å². The van der Waals surface area contributed by atoms with Gasteiger partial charge in [0.25, 0.3) is 11.8 Å². The highest BCUT2D eigenvalue weighted by Gasteiger charge is 2.47. The number of pyridine rings is 1. The molecule has 1 aliphatic heterocycles. The van der Waals surface area contributed by atoms with Gasteiger partial charge in [-0.15, -0.1) is 10.2 Å². The van der Waals surface area contributed by atoms with Crippen LogP contribution >= 0.6 is 0 Å². The topological polar surface area (TPSA) is 76.5 Å². The summed E-state index contributed by atoms with van der Waals surface area (Å²) < 4.78 is 71.4. The van der Waals surface area contributed by atoms with E-state index < -0.39 is 42.5 Å². The molecule has 7 nitrogen and oxygen atoms in total. The molecule has 0 spiro atoms. The monoisotopic (exact) mass is 373 g/mol. The lowest BCUT2D eigenvalue weighted by Gasteiger charge is -2.38. The Hall–Kier alpha value is -3.05. The molecule has 0 radical (unpaired) electrons. The molecule has 4 heterocycles. The van der Waals surface area contributed by atoms with Crippen molar-refractivity contribution in [2.75, 3.05) is 13.1 Å². The van der Waals surface area contributed by atoms with Crippen LogP contribution in [-0.4, -0.2) is 49.4 Å². The first kappa shape index (κ1) is 16.4. The second-order valence-corrected chi connectivity index (χ2v) is 5.74. The predicted octanol–water partition coefficient (Wildman–Crippen LogP) is 2.49. The minimum absolute atomic E-state index is 0.0111. The third-order valence-corrected chi connectivity index (χ3v) is 3.85. The molecule has 4 rings (SSSR count). The number of hydrogen-bond acceptors (Lipinski definition) is 5. The number of aromatic nitrogens is 4. The molecule has 0 atom stereocenters. The Bertz CT molecular complexity index is 987. The van der Waals surface area contributed by atoms with Crippen molar-refractivity contribution >= 4 is 11.6 Å². The van der Waals surface area contributed by atoms with Gasteiger partial charge in [0, 0.05) is 6.20 Å². The highest BCUT2D eigenvalue weighted by molar-refractivity contribution is 5.93. The van der Waals surface area contributed by atoms with E-state index in [1.165, 1.54) is 6.20 Å². The summed E-state index contributed by atoms with van der Waals surface area (Å²) in [5.74, 6) is -4.46. The van der Waals surface area contributed by atoms with Crippen LogP contribution in [0.15, 0.2) is 29.3 Å². The number of oxazole rings is 1. The summed E-state index contributed by atoms with van der Waals surface area (Å²) >= 11 is 0. The van der Waals surface area contributed by atoms with Crippen LogP contribution in [-0.2, 0) is 6.18 Å². The summed E-state index contributed by atoms with van der Waals surface area (Å²) in [5, 5.41) is 7.31. The van der Waals surface area contributed by atoms with Crippen LogP contribution in [0.2, 0.25) is 0 Å². The number of rotatable bonds is 2. The Labute approximate surface area is 141 Å². The molecule has 0 aliphatic carbocycles. The Morgan fingerprint density at radius 2 is 1.96 bits per heavy atom. The standard InChI is InChI=1S/C14H8F5N5O2/c15-13(16)4-23(5-13)12(25)11-22-21-10-8(9-2-20-6-26-9)1-7(3-24(10)11)14(17,18)19/h1-3,6H,4-5H2. The Balaban J connectivity index is 1.86. The molecule has 0 saturated carbocycles. The van der Waals surface area contributed by atoms with Gasteiger partial charge in [0.05, 0.1) is 30.4 Å². The lowest BCUT2D eigenvalue weighted by atomic mass is 10.1. The first-order valence-corrected chi connectivity index (χ1v) is 7.18. The SMILES string of the molecule is O=C(c1nnc2c(-c3cnco3)cc(C(F)(F)F)cn12)N1CC(F)(F)C1. The third kappa shape index (κ3) is 2.57. The zero-order chi connectivity index (χ0) is 18.7. The molecule has 136 valence electrons. The molecule has 1 amide bonds. The molecular formula is C14H8F5N5O2. The van der Waals surface area contributed by atoms with Crippen LogP contribution < -0.4 is 0 Å². The minimum atomic E-state index is -4.72. The number of amides is 1. The van der Waals surface area contributed by atoms with Crippen molar-refractivity contribution in [1.82, 2.24) is 24.5 Å². The van der Waals surface area contributed by atoms with Crippen LogP contribution in [0.4, 0.5) is 22.0 Å². The normalized spacial score (nSPS) is 16.7. The van der Waals surface area contributed by atoms with Crippen LogP contribution in [0.1, 0.15) is 16.2 Å². The van der Waals surface area contributed by atoms with Crippen LogP contribution in [0, 0.1) is 0 Å². The maximum absolute atomic E-state index is 13.2. The largest absolute Gasteiger partial charge is 0.443 e. The summed E-state index contributed by atoms with van der Waals surface area (Å²) in [4.78, 5) is 16.7. The summed E-state index contributed by atoms with van der Waals surface area (Å²) in [5.41, 5.74) is -1.26. The maximum atomic E-state index is 13.2. The zero-order valence-electron chi connectivity index (χ0n) is 12.7. The van der Waals surface area contributed by atoms with Gasteiger partial charge in [-0.3, -0.25) is 9.20 Å². The van der Waals surface area contributed by atoms with Crippen LogP contribution in [0.3, 0.4) is 0 Å². The van der Waals surface area contributed by atoms with E-state index in [1.54, 1.807) is 0 Å². The number of likely N-dealkylation sites (tertiary alicyclic amines) is 1. The fourth-order valence-electron chi connectivity index (χ4n) is 2.62. The number of alkyl halides is 5. The minimum Gasteiger partial charge on any atom is -0.443 e. The lowest BCUT2D eigenvalue weighted by molar-refractivity contribution is -0.137. The molecule has 0 N–H and O–H groups in total. The average Bonchev–Trinajstić information content (AvgIpc) is 3.19. The van der Waals surface area contributed by atoms with Gasteiger partial charge < -0.3 is 9.32 Å². The molecule has 3 aromatic rings. The van der Waals surface area contributed by atoms with E-state index in [0.29, 0.717) is 6.20 Å². The Morgan fingerprint density at radius 3 is 2.54 bits per heavy atom. The van der Waals surface area contributed by atoms with Gasteiger partial charge in [0.1, 0.15) is 0 Å². The van der Waals surface area contributed by atoms with E-state index in [2.05, 4.69) is 15.2 Å². The first-order chi connectivity index (χ1) is 12.2. The molecule has 3 aromatic heterocycles. The van der Waals surface area contributed by atoms with Crippen LogP contribution in [0.5, 0.6) is 0 Å². The predicted molar refractivity (Wildman–Crippen MR) is 74.3 cm³/mol. The van der Waals surface area contributed by atoms with Crippen molar-refractivity contribution in [1.29, 1.82) is 0 Å². The number of nitrogens with zero attached hydrogens (tertiary/aromatic N) is 5. The molecule has 12 heteroatoms. The molecule has 1 saturated heterocycles. The lowest BCUT2D eigenvalue weighted by Crippen LogP contribution is -2.58. The van der Waals surface area contributed by atoms with E-state index in [0.717, 1.165) is 21.8 Å². The maximum Gasteiger partial charge on any atom is 0.417 e. The molecule has 0 aromatic carbocycles. The van der Waals surface area contributed by atoms with E-state index in [-0.39, 0.29) is 17.0 Å². The van der Waals surface area contributed by atoms with Gasteiger partial charge in [0.15, 0.2) is 17.8 Å². The summed E-state index contributed by atoms with van der Waals surface area (Å²) in [6.45, 7) is -1.65. The van der Waals surface area contributed by atoms with Gasteiger partial charge in [-0.1, -0.05) is 0 Å². The van der Waals surface area contributed by atoms with Gasteiger partial charge in [-0.05, 0) is 6.07 Å². The summed E-state index contributed by atoms with van der Waals surface area (Å²) in [6, 6.07) is 0.788. The van der Waals surface area contributed by atoms with Crippen molar-refractivity contribution in [2.24, 2.45) is 0 Å². The highest BCUT2D eigenvalue weighted by Crippen LogP contribution is 2.35. The summed E-state index contributed by atoms with van der Waals surface area (Å²) in [7, 11) is 0. The number of halogens is 5. The molecular weight excluding hydrogens is 365 g/mol. The van der Waals surface area contributed by atoms with Crippen molar-refractivity contribution in [3.8, 4) is 11.3 Å². The summed E-state index contributed by atoms with van der Waals surface area (Å²) in [6.07, 6.45) is -1.88. The molecule has 26 heavy (non-hydrogen) atoms. The van der Waals surface area contributed by atoms with Crippen molar-refractivity contribution < 1.29 is 31.2 Å². The molecule has 1 fully saturated rings. The second-order valence-electron chi connectivity index (χ2n) is 5.74. The fourth-order valence-corrected chi connectivity index (χ4v) is 2.62. The second kappa shape index (κ2) is 5.22. The Morgan fingerprint density at radius 1 is 1.23 bits per heavy atom. The van der Waals surface area contributed by atoms with E-state index in [9.17, 15) is 26.7 Å². The average molecular weight is 373 g/mol. The zero-order valence-corrected chi connectivity index (χ0v) is 12.7. The van der Waals surface area contributed by atoms with Crippen molar-refractivity contribution in [3.05, 3.63) is 36.2 Å². The van der Waals surface area contributed by atoms with Gasteiger partial charge in [0.2, 0.25) is 5.82 Å². The molecule has 1 aliphatic rings. The number of hydrogen-bond donors (Lipinski definition) is 0. The first-order valence-electron chi connectivity index (χ1n) is 7.18. The van der Waals surface area contributed by atoms with Crippen LogP contribution in [0.25, 0.3) is 17.0 Å². The van der Waals surface area contributed by atoms with Gasteiger partial charge in [-0.2, -0.15) is 13.2 Å². The smallest absolute Gasteiger partial charge is 0.417 e. The quantitative estimate of drug-likeness (QED) is 0.645. The third-order valence-electron chi connectivity index (χ3n) is 3.85. The Kier molecular flexibility index (Phi) is 3.30.